The molecule has 110 valence electrons. The second-order valence-electron chi connectivity index (χ2n) is 5.00. The Morgan fingerprint density at radius 2 is 1.76 bits per heavy atom. The highest BCUT2D eigenvalue weighted by atomic mass is 32.2. The first-order valence-corrected chi connectivity index (χ1v) is 8.26. The summed E-state index contributed by atoms with van der Waals surface area (Å²) in [4.78, 5) is 9.05. The molecule has 3 rings (SSSR count). The van der Waals surface area contributed by atoms with Crippen molar-refractivity contribution in [2.75, 3.05) is 22.2 Å². The molecule has 1 aromatic heterocycles. The summed E-state index contributed by atoms with van der Waals surface area (Å²) in [6.45, 7) is 0. The summed E-state index contributed by atoms with van der Waals surface area (Å²) in [5.41, 5.74) is 3.60. The van der Waals surface area contributed by atoms with E-state index in [4.69, 9.17) is 5.84 Å². The summed E-state index contributed by atoms with van der Waals surface area (Å²) in [6, 6.07) is 12.3. The zero-order valence-electron chi connectivity index (χ0n) is 11.7. The first-order chi connectivity index (χ1) is 10.3. The number of thioether (sulfide) groups is 1. The molecule has 2 aromatic rings. The Kier molecular flexibility index (Phi) is 4.57. The fraction of sp³-hybridized carbons (Fsp3) is 0.333. The lowest BCUT2D eigenvalue weighted by Crippen LogP contribution is -2.25. The lowest BCUT2D eigenvalue weighted by atomic mass is 10.1. The van der Waals surface area contributed by atoms with E-state index in [2.05, 4.69) is 20.7 Å². The molecule has 1 aromatic carbocycles. The summed E-state index contributed by atoms with van der Waals surface area (Å²) in [6.07, 6.45) is 2.33. The number of benzene rings is 1. The third-order valence-corrected chi connectivity index (χ3v) is 4.53. The van der Waals surface area contributed by atoms with Gasteiger partial charge in [0.25, 0.3) is 0 Å². The molecular formula is C15H19N5S. The van der Waals surface area contributed by atoms with Crippen LogP contribution in [0.25, 0.3) is 11.4 Å². The van der Waals surface area contributed by atoms with Crippen LogP contribution in [0.4, 0.5) is 11.6 Å². The molecule has 0 radical (unpaired) electrons. The number of nitrogens with one attached hydrogen (secondary N) is 2. The van der Waals surface area contributed by atoms with Crippen molar-refractivity contribution in [2.24, 2.45) is 5.84 Å². The fourth-order valence-corrected chi connectivity index (χ4v) is 3.47. The van der Waals surface area contributed by atoms with Crippen LogP contribution in [0.2, 0.25) is 0 Å². The maximum atomic E-state index is 5.53. The molecular weight excluding hydrogens is 282 g/mol. The largest absolute Gasteiger partial charge is 0.367 e. The molecule has 0 atom stereocenters. The van der Waals surface area contributed by atoms with Crippen LogP contribution < -0.4 is 16.6 Å². The quantitative estimate of drug-likeness (QED) is 0.595. The van der Waals surface area contributed by atoms with Crippen molar-refractivity contribution >= 4 is 23.4 Å². The van der Waals surface area contributed by atoms with Gasteiger partial charge in [0.1, 0.15) is 11.6 Å². The van der Waals surface area contributed by atoms with Crippen LogP contribution >= 0.6 is 11.8 Å². The average molecular weight is 301 g/mol. The number of rotatable bonds is 4. The minimum absolute atomic E-state index is 0.482. The minimum Gasteiger partial charge on any atom is -0.367 e. The first kappa shape index (κ1) is 14.2. The number of nitrogen functional groups attached to an aromatic ring is 1. The van der Waals surface area contributed by atoms with Crippen LogP contribution in [0.1, 0.15) is 12.8 Å². The van der Waals surface area contributed by atoms with E-state index in [1.807, 2.05) is 48.2 Å². The Balaban J connectivity index is 1.86. The van der Waals surface area contributed by atoms with Gasteiger partial charge in [0.2, 0.25) is 0 Å². The van der Waals surface area contributed by atoms with E-state index < -0.39 is 0 Å². The van der Waals surface area contributed by atoms with Gasteiger partial charge in [-0.1, -0.05) is 30.3 Å². The maximum absolute atomic E-state index is 5.53. The van der Waals surface area contributed by atoms with Crippen LogP contribution in [-0.4, -0.2) is 27.5 Å². The zero-order chi connectivity index (χ0) is 14.5. The molecule has 6 heteroatoms. The molecule has 0 unspecified atom stereocenters. The molecule has 21 heavy (non-hydrogen) atoms. The molecule has 0 bridgehead atoms. The van der Waals surface area contributed by atoms with E-state index in [0.717, 1.165) is 11.4 Å². The standard InChI is InChI=1S/C15H19N5S/c16-20-14-10-13(17-12-6-8-21-9-7-12)18-15(19-14)11-4-2-1-3-5-11/h1-5,10,12H,6-9,16H2,(H2,17,18,19,20). The topological polar surface area (TPSA) is 75.9 Å². The molecule has 4 N–H and O–H groups in total. The van der Waals surface area contributed by atoms with E-state index in [1.54, 1.807) is 0 Å². The molecule has 0 saturated carbocycles. The zero-order valence-corrected chi connectivity index (χ0v) is 12.6. The molecule has 0 amide bonds. The third-order valence-electron chi connectivity index (χ3n) is 3.48. The van der Waals surface area contributed by atoms with Gasteiger partial charge in [-0.15, -0.1) is 0 Å². The Morgan fingerprint density at radius 3 is 2.48 bits per heavy atom. The van der Waals surface area contributed by atoms with Crippen molar-refractivity contribution in [2.45, 2.75) is 18.9 Å². The highest BCUT2D eigenvalue weighted by Crippen LogP contribution is 2.23. The smallest absolute Gasteiger partial charge is 0.163 e. The summed E-state index contributed by atoms with van der Waals surface area (Å²) in [5, 5.41) is 3.51. The summed E-state index contributed by atoms with van der Waals surface area (Å²) in [7, 11) is 0. The van der Waals surface area contributed by atoms with Gasteiger partial charge in [0, 0.05) is 17.7 Å². The summed E-state index contributed by atoms with van der Waals surface area (Å²) >= 11 is 2.01. The van der Waals surface area contributed by atoms with Crippen LogP contribution in [0.3, 0.4) is 0 Å². The van der Waals surface area contributed by atoms with Crippen molar-refractivity contribution in [1.29, 1.82) is 0 Å². The van der Waals surface area contributed by atoms with Crippen LogP contribution in [0, 0.1) is 0 Å². The molecule has 1 aliphatic heterocycles. The third kappa shape index (κ3) is 3.65. The van der Waals surface area contributed by atoms with E-state index in [-0.39, 0.29) is 0 Å². The molecule has 5 nitrogen and oxygen atoms in total. The second-order valence-corrected chi connectivity index (χ2v) is 6.23. The number of hydrazine groups is 1. The predicted octanol–water partition coefficient (Wildman–Crippen LogP) is 2.74. The van der Waals surface area contributed by atoms with Gasteiger partial charge in [-0.2, -0.15) is 11.8 Å². The van der Waals surface area contributed by atoms with Crippen LogP contribution in [0.5, 0.6) is 0 Å². The van der Waals surface area contributed by atoms with Gasteiger partial charge >= 0.3 is 0 Å². The van der Waals surface area contributed by atoms with E-state index in [1.165, 1.54) is 24.3 Å². The minimum atomic E-state index is 0.482. The Labute approximate surface area is 128 Å². The Morgan fingerprint density at radius 1 is 1.05 bits per heavy atom. The van der Waals surface area contributed by atoms with Crippen molar-refractivity contribution in [3.63, 3.8) is 0 Å². The van der Waals surface area contributed by atoms with Crippen LogP contribution in [-0.2, 0) is 0 Å². The second kappa shape index (κ2) is 6.78. The van der Waals surface area contributed by atoms with Gasteiger partial charge in [-0.3, -0.25) is 0 Å². The van der Waals surface area contributed by atoms with Gasteiger partial charge in [-0.25, -0.2) is 15.8 Å². The predicted molar refractivity (Wildman–Crippen MR) is 89.2 cm³/mol. The molecule has 1 aliphatic rings. The molecule has 1 fully saturated rings. The van der Waals surface area contributed by atoms with E-state index in [0.29, 0.717) is 17.7 Å². The lowest BCUT2D eigenvalue weighted by Gasteiger charge is -2.23. The van der Waals surface area contributed by atoms with Crippen molar-refractivity contribution in [1.82, 2.24) is 9.97 Å². The Bertz CT molecular complexity index is 584. The monoisotopic (exact) mass is 301 g/mol. The average Bonchev–Trinajstić information content (AvgIpc) is 2.56. The summed E-state index contributed by atoms with van der Waals surface area (Å²) < 4.78 is 0. The van der Waals surface area contributed by atoms with E-state index in [9.17, 15) is 0 Å². The Hall–Kier alpha value is -1.79. The maximum Gasteiger partial charge on any atom is 0.163 e. The fourth-order valence-electron chi connectivity index (χ4n) is 2.36. The molecule has 2 heterocycles. The van der Waals surface area contributed by atoms with Crippen molar-refractivity contribution in [3.05, 3.63) is 36.4 Å². The summed E-state index contributed by atoms with van der Waals surface area (Å²) in [5.74, 6) is 10.1. The highest BCUT2D eigenvalue weighted by Gasteiger charge is 2.15. The number of anilines is 2. The number of nitrogens with two attached hydrogens (primary N) is 1. The number of aromatic nitrogens is 2. The van der Waals surface area contributed by atoms with Gasteiger partial charge in [-0.05, 0) is 24.3 Å². The highest BCUT2D eigenvalue weighted by molar-refractivity contribution is 7.99. The SMILES string of the molecule is NNc1cc(NC2CCSCC2)nc(-c2ccccc2)n1. The van der Waals surface area contributed by atoms with Gasteiger partial charge < -0.3 is 10.7 Å². The van der Waals surface area contributed by atoms with Crippen LogP contribution in [0.15, 0.2) is 36.4 Å². The van der Waals surface area contributed by atoms with E-state index >= 15 is 0 Å². The van der Waals surface area contributed by atoms with Gasteiger partial charge in [0.05, 0.1) is 0 Å². The number of hydrogen-bond donors (Lipinski definition) is 3. The number of hydrogen-bond acceptors (Lipinski definition) is 6. The molecule has 1 saturated heterocycles. The van der Waals surface area contributed by atoms with Gasteiger partial charge in [0.15, 0.2) is 5.82 Å². The normalized spacial score (nSPS) is 15.7. The molecule has 0 spiro atoms. The van der Waals surface area contributed by atoms with Crippen molar-refractivity contribution in [3.8, 4) is 11.4 Å². The number of nitrogens with zero attached hydrogens (tertiary/aromatic N) is 2. The first-order valence-electron chi connectivity index (χ1n) is 7.10. The molecule has 0 aliphatic carbocycles. The lowest BCUT2D eigenvalue weighted by molar-refractivity contribution is 0.663. The van der Waals surface area contributed by atoms with Crippen molar-refractivity contribution < 1.29 is 0 Å².